The predicted molar refractivity (Wildman–Crippen MR) is 129 cm³/mol. The molecule has 0 saturated heterocycles. The van der Waals surface area contributed by atoms with Crippen molar-refractivity contribution in [1.82, 2.24) is 9.66 Å². The highest BCUT2D eigenvalue weighted by Gasteiger charge is 2.16. The van der Waals surface area contributed by atoms with Gasteiger partial charge in [-0.3, -0.25) is 4.79 Å². The van der Waals surface area contributed by atoms with Crippen LogP contribution in [0, 0.1) is 0 Å². The number of ether oxygens (including phenoxy) is 2. The van der Waals surface area contributed by atoms with Gasteiger partial charge in [0.15, 0.2) is 18.1 Å². The maximum Gasteiger partial charge on any atom is 0.341 e. The normalized spacial score (nSPS) is 12.3. The molecule has 0 spiro atoms. The first-order valence-electron chi connectivity index (χ1n) is 9.73. The Hall–Kier alpha value is -2.72. The summed E-state index contributed by atoms with van der Waals surface area (Å²) in [6.07, 6.45) is 2.31. The van der Waals surface area contributed by atoms with Crippen molar-refractivity contribution in [3.8, 4) is 11.5 Å². The van der Waals surface area contributed by atoms with E-state index in [0.717, 1.165) is 10.9 Å². The zero-order valence-corrected chi connectivity index (χ0v) is 20.8. The Morgan fingerprint density at radius 3 is 2.72 bits per heavy atom. The molecule has 0 amide bonds. The standard InChI is InChI=1S/C22H21Br2N3O5/c1-4-12(2)21-26-17-6-5-14(23)9-15(17)22(30)27(21)25-10-13-7-16(24)20(18(8-13)31-3)32-11-19(28)29/h5-10,12H,4,11H2,1-3H3,(H,28,29)/t12-/m0/s1. The fraction of sp³-hybridized carbons (Fsp3) is 0.273. The summed E-state index contributed by atoms with van der Waals surface area (Å²) in [6.45, 7) is 3.51. The molecule has 2 aromatic carbocycles. The van der Waals surface area contributed by atoms with Gasteiger partial charge < -0.3 is 14.6 Å². The Kier molecular flexibility index (Phi) is 7.68. The summed E-state index contributed by atoms with van der Waals surface area (Å²) in [5.74, 6) is 0.0767. The summed E-state index contributed by atoms with van der Waals surface area (Å²) in [5.41, 5.74) is 0.965. The molecule has 10 heteroatoms. The fourth-order valence-corrected chi connectivity index (χ4v) is 3.93. The van der Waals surface area contributed by atoms with Gasteiger partial charge in [-0.25, -0.2) is 9.78 Å². The van der Waals surface area contributed by atoms with Gasteiger partial charge in [0.2, 0.25) is 0 Å². The summed E-state index contributed by atoms with van der Waals surface area (Å²) in [7, 11) is 1.45. The Morgan fingerprint density at radius 1 is 1.31 bits per heavy atom. The van der Waals surface area contributed by atoms with E-state index in [9.17, 15) is 9.59 Å². The third kappa shape index (κ3) is 5.18. The maximum absolute atomic E-state index is 13.2. The second kappa shape index (κ2) is 10.3. The molecule has 0 radical (unpaired) electrons. The highest BCUT2D eigenvalue weighted by Crippen LogP contribution is 2.36. The summed E-state index contributed by atoms with van der Waals surface area (Å²) < 4.78 is 13.2. The van der Waals surface area contributed by atoms with Crippen molar-refractivity contribution < 1.29 is 19.4 Å². The molecule has 0 unspecified atom stereocenters. The molecular weight excluding hydrogens is 546 g/mol. The molecule has 0 fully saturated rings. The minimum absolute atomic E-state index is 0.0148. The summed E-state index contributed by atoms with van der Waals surface area (Å²) in [4.78, 5) is 28.7. The number of aliphatic carboxylic acids is 1. The molecule has 1 heterocycles. The number of nitrogens with zero attached hydrogens (tertiary/aromatic N) is 3. The number of aromatic nitrogens is 2. The van der Waals surface area contributed by atoms with Crippen molar-refractivity contribution in [2.75, 3.05) is 13.7 Å². The van der Waals surface area contributed by atoms with Gasteiger partial charge in [-0.15, -0.1) is 0 Å². The minimum atomic E-state index is -1.10. The van der Waals surface area contributed by atoms with Gasteiger partial charge >= 0.3 is 5.97 Å². The molecule has 8 nitrogen and oxygen atoms in total. The van der Waals surface area contributed by atoms with E-state index in [4.69, 9.17) is 14.6 Å². The second-order valence-electron chi connectivity index (χ2n) is 7.02. The number of hydrogen-bond donors (Lipinski definition) is 1. The number of carbonyl (C=O) groups is 1. The second-order valence-corrected chi connectivity index (χ2v) is 8.79. The average Bonchev–Trinajstić information content (AvgIpc) is 2.76. The lowest BCUT2D eigenvalue weighted by Crippen LogP contribution is -2.23. The molecule has 1 aromatic heterocycles. The van der Waals surface area contributed by atoms with E-state index >= 15 is 0 Å². The zero-order chi connectivity index (χ0) is 23.4. The van der Waals surface area contributed by atoms with Gasteiger partial charge in [-0.2, -0.15) is 9.78 Å². The first-order chi connectivity index (χ1) is 15.2. The van der Waals surface area contributed by atoms with E-state index in [-0.39, 0.29) is 17.2 Å². The Balaban J connectivity index is 2.09. The van der Waals surface area contributed by atoms with E-state index in [1.807, 2.05) is 19.9 Å². The molecule has 0 bridgehead atoms. The predicted octanol–water partition coefficient (Wildman–Crippen LogP) is 4.79. The average molecular weight is 567 g/mol. The van der Waals surface area contributed by atoms with Crippen molar-refractivity contribution in [2.24, 2.45) is 5.10 Å². The molecule has 3 rings (SSSR count). The molecule has 3 aromatic rings. The molecular formula is C22H21Br2N3O5. The van der Waals surface area contributed by atoms with E-state index in [1.54, 1.807) is 24.3 Å². The van der Waals surface area contributed by atoms with Crippen LogP contribution in [0.3, 0.4) is 0 Å². The van der Waals surface area contributed by atoms with Crippen LogP contribution in [0.4, 0.5) is 0 Å². The molecule has 1 atom stereocenters. The lowest BCUT2D eigenvalue weighted by atomic mass is 10.1. The van der Waals surface area contributed by atoms with Crippen LogP contribution in [-0.4, -0.2) is 40.7 Å². The lowest BCUT2D eigenvalue weighted by Gasteiger charge is -2.14. The molecule has 1 N–H and O–H groups in total. The Morgan fingerprint density at radius 2 is 2.06 bits per heavy atom. The molecule has 0 aliphatic carbocycles. The summed E-state index contributed by atoms with van der Waals surface area (Å²) in [5, 5.41) is 13.8. The largest absolute Gasteiger partial charge is 0.493 e. The molecule has 168 valence electrons. The first-order valence-corrected chi connectivity index (χ1v) is 11.3. The van der Waals surface area contributed by atoms with Gasteiger partial charge in [-0.05, 0) is 58.2 Å². The third-order valence-electron chi connectivity index (χ3n) is 4.80. The van der Waals surface area contributed by atoms with Crippen LogP contribution in [0.1, 0.15) is 37.6 Å². The van der Waals surface area contributed by atoms with Crippen LogP contribution in [0.5, 0.6) is 11.5 Å². The fourth-order valence-electron chi connectivity index (χ4n) is 2.99. The lowest BCUT2D eigenvalue weighted by molar-refractivity contribution is -0.139. The maximum atomic E-state index is 13.2. The number of fused-ring (bicyclic) bond motifs is 1. The molecule has 0 saturated carbocycles. The molecule has 32 heavy (non-hydrogen) atoms. The monoisotopic (exact) mass is 565 g/mol. The van der Waals surface area contributed by atoms with Crippen LogP contribution in [0.2, 0.25) is 0 Å². The number of halogens is 2. The van der Waals surface area contributed by atoms with Crippen LogP contribution < -0.4 is 15.0 Å². The SMILES string of the molecule is CC[C@H](C)c1nc2ccc(Br)cc2c(=O)n1N=Cc1cc(Br)c(OCC(=O)O)c(OC)c1. The number of carboxylic acid groups (broad SMARTS) is 1. The van der Waals surface area contributed by atoms with Gasteiger partial charge in [0.1, 0.15) is 5.82 Å². The number of hydrogen-bond acceptors (Lipinski definition) is 6. The highest BCUT2D eigenvalue weighted by atomic mass is 79.9. The minimum Gasteiger partial charge on any atom is -0.493 e. The van der Waals surface area contributed by atoms with E-state index in [0.29, 0.717) is 32.5 Å². The molecule has 0 aliphatic rings. The smallest absolute Gasteiger partial charge is 0.341 e. The first kappa shape index (κ1) is 23.9. The Labute approximate surface area is 201 Å². The van der Waals surface area contributed by atoms with Crippen molar-refractivity contribution in [1.29, 1.82) is 0 Å². The van der Waals surface area contributed by atoms with E-state index < -0.39 is 12.6 Å². The van der Waals surface area contributed by atoms with E-state index in [1.165, 1.54) is 18.0 Å². The van der Waals surface area contributed by atoms with Crippen molar-refractivity contribution >= 4 is 54.9 Å². The Bertz CT molecular complexity index is 1260. The van der Waals surface area contributed by atoms with Crippen LogP contribution in [-0.2, 0) is 4.79 Å². The number of methoxy groups -OCH3 is 1. The topological polar surface area (TPSA) is 103 Å². The van der Waals surface area contributed by atoms with Crippen molar-refractivity contribution in [3.05, 3.63) is 61.0 Å². The number of rotatable bonds is 8. The van der Waals surface area contributed by atoms with Crippen molar-refractivity contribution in [2.45, 2.75) is 26.2 Å². The van der Waals surface area contributed by atoms with Crippen LogP contribution in [0.15, 0.2) is 49.2 Å². The van der Waals surface area contributed by atoms with Crippen molar-refractivity contribution in [3.63, 3.8) is 0 Å². The van der Waals surface area contributed by atoms with Crippen LogP contribution >= 0.6 is 31.9 Å². The van der Waals surface area contributed by atoms with Crippen LogP contribution in [0.25, 0.3) is 10.9 Å². The summed E-state index contributed by atoms with van der Waals surface area (Å²) in [6, 6.07) is 8.72. The quantitative estimate of drug-likeness (QED) is 0.393. The van der Waals surface area contributed by atoms with Gasteiger partial charge in [-0.1, -0.05) is 29.8 Å². The third-order valence-corrected chi connectivity index (χ3v) is 5.88. The number of benzene rings is 2. The van der Waals surface area contributed by atoms with Gasteiger partial charge in [0, 0.05) is 10.4 Å². The van der Waals surface area contributed by atoms with Gasteiger partial charge in [0.05, 0.1) is 28.7 Å². The van der Waals surface area contributed by atoms with Gasteiger partial charge in [0.25, 0.3) is 5.56 Å². The highest BCUT2D eigenvalue weighted by molar-refractivity contribution is 9.10. The number of carboxylic acids is 1. The molecule has 0 aliphatic heterocycles. The summed E-state index contributed by atoms with van der Waals surface area (Å²) >= 11 is 6.77. The van der Waals surface area contributed by atoms with E-state index in [2.05, 4.69) is 41.9 Å². The zero-order valence-electron chi connectivity index (χ0n) is 17.6.